The molecule has 3 atom stereocenters. The molecule has 1 fully saturated rings. The maximum absolute atomic E-state index is 12.1. The maximum atomic E-state index is 12.1. The van der Waals surface area contributed by atoms with Gasteiger partial charge >= 0.3 is 5.97 Å². The molecule has 0 aromatic heterocycles. The lowest BCUT2D eigenvalue weighted by Crippen LogP contribution is -2.32. The summed E-state index contributed by atoms with van der Waals surface area (Å²) in [5, 5.41) is 10.3. The van der Waals surface area contributed by atoms with E-state index in [4.69, 9.17) is 0 Å². The second kappa shape index (κ2) is 13.2. The quantitative estimate of drug-likeness (QED) is 0.275. The zero-order chi connectivity index (χ0) is 20.1. The molecule has 0 saturated carbocycles. The van der Waals surface area contributed by atoms with Crippen LogP contribution in [0.5, 0.6) is 0 Å². The van der Waals surface area contributed by atoms with Gasteiger partial charge in [-0.2, -0.15) is 0 Å². The molecule has 1 rings (SSSR count). The molecule has 1 amide bonds. The number of aliphatic hydroxyl groups is 1. The van der Waals surface area contributed by atoms with Crippen LogP contribution in [-0.4, -0.2) is 47.7 Å². The average molecular weight is 376 g/mol. The van der Waals surface area contributed by atoms with Crippen LogP contribution in [0.15, 0.2) is 24.3 Å². The van der Waals surface area contributed by atoms with Crippen LogP contribution in [-0.2, 0) is 14.3 Å². The summed E-state index contributed by atoms with van der Waals surface area (Å²) < 4.78 is 4.61. The molecule has 1 saturated heterocycles. The van der Waals surface area contributed by atoms with Crippen molar-refractivity contribution in [3.05, 3.63) is 24.3 Å². The number of likely N-dealkylation sites (tertiary alicyclic amines) is 1. The number of carbonyl (C=O) groups is 2. The van der Waals surface area contributed by atoms with Crippen LogP contribution >= 0.6 is 0 Å². The Kier molecular flexibility index (Phi) is 11.2. The summed E-state index contributed by atoms with van der Waals surface area (Å²) in [5.41, 5.74) is 0. The number of allylic oxidation sites excluding steroid dienone is 1. The SMILES string of the molecule is CCC#CC[C@H](C)[C@H](O)/C=C/[C@H]1CCC(=O)N1C/C=C\CCCC(=O)OC. The van der Waals surface area contributed by atoms with Gasteiger partial charge in [0, 0.05) is 32.2 Å². The fourth-order valence-corrected chi connectivity index (χ4v) is 2.88. The minimum atomic E-state index is -0.553. The highest BCUT2D eigenvalue weighted by molar-refractivity contribution is 5.79. The molecule has 1 aliphatic heterocycles. The fraction of sp³-hybridized carbons (Fsp3) is 0.636. The molecule has 5 nitrogen and oxygen atoms in total. The minimum absolute atomic E-state index is 0.0285. The number of methoxy groups -OCH3 is 1. The summed E-state index contributed by atoms with van der Waals surface area (Å²) in [5.74, 6) is 6.10. The Bertz CT molecular complexity index is 585. The minimum Gasteiger partial charge on any atom is -0.469 e. The molecule has 1 heterocycles. The normalized spacial score (nSPS) is 19.3. The van der Waals surface area contributed by atoms with Crippen LogP contribution in [0.25, 0.3) is 0 Å². The predicted octanol–water partition coefficient (Wildman–Crippen LogP) is 3.23. The first-order chi connectivity index (χ1) is 13.0. The Balaban J connectivity index is 2.45. The zero-order valence-corrected chi connectivity index (χ0v) is 16.8. The maximum Gasteiger partial charge on any atom is 0.305 e. The second-order valence-corrected chi connectivity index (χ2v) is 6.86. The first kappa shape index (κ1) is 23.0. The van der Waals surface area contributed by atoms with E-state index in [2.05, 4.69) is 16.6 Å². The Labute approximate surface area is 163 Å². The van der Waals surface area contributed by atoms with Gasteiger partial charge in [0.05, 0.1) is 19.3 Å². The third-order valence-electron chi connectivity index (χ3n) is 4.66. The van der Waals surface area contributed by atoms with E-state index in [0.717, 1.165) is 25.7 Å². The highest BCUT2D eigenvalue weighted by atomic mass is 16.5. The van der Waals surface area contributed by atoms with Gasteiger partial charge in [-0.05, 0) is 25.2 Å². The number of hydrogen-bond acceptors (Lipinski definition) is 4. The van der Waals surface area contributed by atoms with Crippen molar-refractivity contribution in [1.29, 1.82) is 0 Å². The molecule has 1 aliphatic rings. The van der Waals surface area contributed by atoms with Crippen molar-refractivity contribution in [2.45, 2.75) is 70.9 Å². The van der Waals surface area contributed by atoms with Crippen molar-refractivity contribution >= 4 is 11.9 Å². The van der Waals surface area contributed by atoms with Crippen LogP contribution in [0.1, 0.15) is 58.8 Å². The number of nitrogens with zero attached hydrogens (tertiary/aromatic N) is 1. The highest BCUT2D eigenvalue weighted by Gasteiger charge is 2.28. The van der Waals surface area contributed by atoms with Crippen LogP contribution in [0.3, 0.4) is 0 Å². The Morgan fingerprint density at radius 3 is 2.89 bits per heavy atom. The number of unbranched alkanes of at least 4 members (excludes halogenated alkanes) is 1. The molecule has 5 heteroatoms. The monoisotopic (exact) mass is 375 g/mol. The first-order valence-corrected chi connectivity index (χ1v) is 9.83. The van der Waals surface area contributed by atoms with Gasteiger partial charge in [-0.1, -0.05) is 38.2 Å². The number of esters is 1. The molecule has 0 aromatic carbocycles. The van der Waals surface area contributed by atoms with Gasteiger partial charge in [-0.15, -0.1) is 11.8 Å². The van der Waals surface area contributed by atoms with Gasteiger partial charge in [0.15, 0.2) is 0 Å². The lowest BCUT2D eigenvalue weighted by atomic mass is 10.00. The molecule has 0 aromatic rings. The molecule has 0 radical (unpaired) electrons. The number of amides is 1. The standard InChI is InChI=1S/C22H33NO4/c1-4-5-8-11-18(2)20(24)15-13-19-14-16-21(25)23(19)17-10-7-6-9-12-22(26)27-3/h7,10,13,15,18-20,24H,4,6,9,11-12,14,16-17H2,1-3H3/b10-7-,15-13+/t18-,19-,20+/m0/s1. The molecule has 0 spiro atoms. The lowest BCUT2D eigenvalue weighted by molar-refractivity contribution is -0.140. The van der Waals surface area contributed by atoms with Crippen molar-refractivity contribution in [3.8, 4) is 11.8 Å². The second-order valence-electron chi connectivity index (χ2n) is 6.86. The van der Waals surface area contributed by atoms with E-state index in [0.29, 0.717) is 25.8 Å². The highest BCUT2D eigenvalue weighted by Crippen LogP contribution is 2.20. The smallest absolute Gasteiger partial charge is 0.305 e. The third kappa shape index (κ3) is 8.92. The van der Waals surface area contributed by atoms with E-state index in [1.165, 1.54) is 7.11 Å². The van der Waals surface area contributed by atoms with Gasteiger partial charge in [0.2, 0.25) is 5.91 Å². The predicted molar refractivity (Wildman–Crippen MR) is 107 cm³/mol. The van der Waals surface area contributed by atoms with Gasteiger partial charge in [-0.25, -0.2) is 0 Å². The van der Waals surface area contributed by atoms with E-state index in [1.807, 2.05) is 37.0 Å². The van der Waals surface area contributed by atoms with Crippen molar-refractivity contribution in [1.82, 2.24) is 4.90 Å². The summed E-state index contributed by atoms with van der Waals surface area (Å²) in [6, 6.07) is 0.0285. The molecule has 1 N–H and O–H groups in total. The molecular formula is C22H33NO4. The number of hydrogen-bond donors (Lipinski definition) is 1. The summed E-state index contributed by atoms with van der Waals surface area (Å²) in [6.07, 6.45) is 11.9. The van der Waals surface area contributed by atoms with E-state index in [9.17, 15) is 14.7 Å². The van der Waals surface area contributed by atoms with Crippen LogP contribution in [0.2, 0.25) is 0 Å². The van der Waals surface area contributed by atoms with E-state index in [1.54, 1.807) is 6.08 Å². The topological polar surface area (TPSA) is 66.8 Å². The Morgan fingerprint density at radius 2 is 2.19 bits per heavy atom. The Hall–Kier alpha value is -2.06. The van der Waals surface area contributed by atoms with Gasteiger partial charge in [0.1, 0.15) is 0 Å². The van der Waals surface area contributed by atoms with Gasteiger partial charge < -0.3 is 14.7 Å². The Morgan fingerprint density at radius 1 is 1.41 bits per heavy atom. The molecule has 0 bridgehead atoms. The van der Waals surface area contributed by atoms with Crippen LogP contribution < -0.4 is 0 Å². The van der Waals surface area contributed by atoms with E-state index in [-0.39, 0.29) is 23.8 Å². The van der Waals surface area contributed by atoms with Crippen LogP contribution in [0.4, 0.5) is 0 Å². The molecule has 27 heavy (non-hydrogen) atoms. The van der Waals surface area contributed by atoms with Crippen LogP contribution in [0, 0.1) is 17.8 Å². The zero-order valence-electron chi connectivity index (χ0n) is 16.8. The molecule has 150 valence electrons. The number of ether oxygens (including phenoxy) is 1. The number of carbonyl (C=O) groups excluding carboxylic acids is 2. The van der Waals surface area contributed by atoms with Crippen molar-refractivity contribution in [3.63, 3.8) is 0 Å². The summed E-state index contributed by atoms with van der Waals surface area (Å²) >= 11 is 0. The third-order valence-corrected chi connectivity index (χ3v) is 4.66. The molecular weight excluding hydrogens is 342 g/mol. The molecule has 0 unspecified atom stereocenters. The number of rotatable bonds is 10. The first-order valence-electron chi connectivity index (χ1n) is 9.83. The lowest BCUT2D eigenvalue weighted by Gasteiger charge is -2.21. The van der Waals surface area contributed by atoms with Crippen molar-refractivity contribution in [2.24, 2.45) is 5.92 Å². The van der Waals surface area contributed by atoms with Crippen molar-refractivity contribution < 1.29 is 19.4 Å². The summed E-state index contributed by atoms with van der Waals surface area (Å²) in [7, 11) is 1.39. The summed E-state index contributed by atoms with van der Waals surface area (Å²) in [6.45, 7) is 4.54. The fourth-order valence-electron chi connectivity index (χ4n) is 2.88. The van der Waals surface area contributed by atoms with Gasteiger partial charge in [0.25, 0.3) is 0 Å². The number of aliphatic hydroxyl groups excluding tert-OH is 1. The molecule has 0 aliphatic carbocycles. The van der Waals surface area contributed by atoms with Crippen molar-refractivity contribution in [2.75, 3.05) is 13.7 Å². The average Bonchev–Trinajstić information content (AvgIpc) is 3.02. The van der Waals surface area contributed by atoms with E-state index >= 15 is 0 Å². The largest absolute Gasteiger partial charge is 0.469 e. The summed E-state index contributed by atoms with van der Waals surface area (Å²) in [4.78, 5) is 25.0. The van der Waals surface area contributed by atoms with E-state index < -0.39 is 6.10 Å². The van der Waals surface area contributed by atoms with Gasteiger partial charge in [-0.3, -0.25) is 9.59 Å².